The minimum absolute atomic E-state index is 0.200. The molecule has 6 rings (SSSR count). The van der Waals surface area contributed by atoms with E-state index in [0.29, 0.717) is 39.5 Å². The number of rotatable bonds is 2. The SMILES string of the molecule is Cc1ccc(Nc2cc3c(c4c2C(=O)c2ccccc2C4=O)N=C2C=CC=CC2O3)cc1. The number of hydrogen-bond donors (Lipinski definition) is 1. The van der Waals surface area contributed by atoms with E-state index in [1.165, 1.54) is 0 Å². The van der Waals surface area contributed by atoms with Crippen LogP contribution in [0.1, 0.15) is 37.4 Å². The maximum absolute atomic E-state index is 13.6. The lowest BCUT2D eigenvalue weighted by Gasteiger charge is -2.29. The molecule has 1 N–H and O–H groups in total. The standard InChI is InChI=1S/C27H18N2O3/c1-15-10-12-16(13-11-15)28-20-14-22-25(29-19-8-4-5-9-21(19)32-22)24-23(20)26(30)17-6-2-3-7-18(17)27(24)31/h2-14,21,28H,1H3. The van der Waals surface area contributed by atoms with Gasteiger partial charge in [-0.25, -0.2) is 4.99 Å². The number of ketones is 2. The number of anilines is 2. The Kier molecular flexibility index (Phi) is 3.98. The number of hydrogen-bond acceptors (Lipinski definition) is 5. The predicted molar refractivity (Wildman–Crippen MR) is 124 cm³/mol. The van der Waals surface area contributed by atoms with Crippen LogP contribution in [0.2, 0.25) is 0 Å². The van der Waals surface area contributed by atoms with E-state index in [1.807, 2.05) is 55.5 Å². The molecule has 0 fully saturated rings. The number of nitrogens with one attached hydrogen (secondary N) is 1. The zero-order chi connectivity index (χ0) is 21.8. The largest absolute Gasteiger partial charge is 0.478 e. The molecule has 3 aliphatic rings. The van der Waals surface area contributed by atoms with Crippen molar-refractivity contribution in [1.29, 1.82) is 0 Å². The van der Waals surface area contributed by atoms with E-state index in [2.05, 4.69) is 5.32 Å². The summed E-state index contributed by atoms with van der Waals surface area (Å²) in [6.07, 6.45) is 7.24. The Bertz CT molecular complexity index is 1410. The Morgan fingerprint density at radius 3 is 2.38 bits per heavy atom. The van der Waals surface area contributed by atoms with Crippen molar-refractivity contribution in [3.8, 4) is 5.75 Å². The lowest BCUT2D eigenvalue weighted by atomic mass is 9.81. The number of ether oxygens (including phenoxy) is 1. The Balaban J connectivity index is 1.60. The summed E-state index contributed by atoms with van der Waals surface area (Å²) in [6, 6.07) is 16.6. The van der Waals surface area contributed by atoms with E-state index < -0.39 is 0 Å². The third kappa shape index (κ3) is 2.75. The molecule has 0 saturated carbocycles. The highest BCUT2D eigenvalue weighted by Crippen LogP contribution is 2.46. The quantitative estimate of drug-likeness (QED) is 0.468. The lowest BCUT2D eigenvalue weighted by Crippen LogP contribution is -2.29. The summed E-state index contributed by atoms with van der Waals surface area (Å²) in [4.78, 5) is 31.9. The molecule has 0 saturated heterocycles. The highest BCUT2D eigenvalue weighted by molar-refractivity contribution is 6.32. The third-order valence-electron chi connectivity index (χ3n) is 5.92. The summed E-state index contributed by atoms with van der Waals surface area (Å²) in [5.74, 6) is 0.0577. The first-order valence-corrected chi connectivity index (χ1v) is 10.4. The Morgan fingerprint density at radius 2 is 1.62 bits per heavy atom. The van der Waals surface area contributed by atoms with E-state index in [-0.39, 0.29) is 23.2 Å². The average Bonchev–Trinajstić information content (AvgIpc) is 2.82. The number of carbonyl (C=O) groups excluding carboxylic acids is 2. The van der Waals surface area contributed by atoms with Crippen molar-refractivity contribution >= 4 is 34.3 Å². The molecule has 0 bridgehead atoms. The molecule has 154 valence electrons. The Morgan fingerprint density at radius 1 is 0.906 bits per heavy atom. The van der Waals surface area contributed by atoms with Crippen molar-refractivity contribution in [3.63, 3.8) is 0 Å². The zero-order valence-corrected chi connectivity index (χ0v) is 17.3. The molecule has 3 aromatic carbocycles. The molecule has 0 amide bonds. The monoisotopic (exact) mass is 418 g/mol. The van der Waals surface area contributed by atoms with Crippen molar-refractivity contribution in [2.45, 2.75) is 13.0 Å². The average molecular weight is 418 g/mol. The normalized spacial score (nSPS) is 17.5. The van der Waals surface area contributed by atoms with Gasteiger partial charge in [0.2, 0.25) is 0 Å². The first kappa shape index (κ1) is 18.5. The number of aryl methyl sites for hydroxylation is 1. The fourth-order valence-corrected chi connectivity index (χ4v) is 4.32. The molecule has 0 aromatic heterocycles. The molecular formula is C27H18N2O3. The Hall–Kier alpha value is -4.25. The van der Waals surface area contributed by atoms with E-state index in [4.69, 9.17) is 9.73 Å². The summed E-state index contributed by atoms with van der Waals surface area (Å²) < 4.78 is 6.20. The van der Waals surface area contributed by atoms with E-state index >= 15 is 0 Å². The first-order chi connectivity index (χ1) is 15.6. The molecular weight excluding hydrogens is 400 g/mol. The highest BCUT2D eigenvalue weighted by atomic mass is 16.5. The van der Waals surface area contributed by atoms with E-state index in [9.17, 15) is 9.59 Å². The Labute approximate surface area is 184 Å². The van der Waals surface area contributed by atoms with Gasteiger partial charge in [-0.3, -0.25) is 9.59 Å². The molecule has 5 nitrogen and oxygen atoms in total. The van der Waals surface area contributed by atoms with Crippen molar-refractivity contribution < 1.29 is 14.3 Å². The summed E-state index contributed by atoms with van der Waals surface area (Å²) in [5.41, 5.74) is 5.01. The second-order valence-corrected chi connectivity index (χ2v) is 8.03. The molecule has 2 aliphatic carbocycles. The molecule has 0 radical (unpaired) electrons. The summed E-state index contributed by atoms with van der Waals surface area (Å²) in [6.45, 7) is 2.01. The number of nitrogens with zero attached hydrogens (tertiary/aromatic N) is 1. The molecule has 1 unspecified atom stereocenters. The fraction of sp³-hybridized carbons (Fsp3) is 0.0741. The van der Waals surface area contributed by atoms with Crippen molar-refractivity contribution in [2.75, 3.05) is 5.32 Å². The van der Waals surface area contributed by atoms with Crippen molar-refractivity contribution in [2.24, 2.45) is 4.99 Å². The van der Waals surface area contributed by atoms with Crippen LogP contribution in [0.5, 0.6) is 5.75 Å². The van der Waals surface area contributed by atoms with Gasteiger partial charge in [-0.2, -0.15) is 0 Å². The van der Waals surface area contributed by atoms with Crippen LogP contribution < -0.4 is 10.1 Å². The smallest absolute Gasteiger partial charge is 0.196 e. The molecule has 1 heterocycles. The fourth-order valence-electron chi connectivity index (χ4n) is 4.32. The number of carbonyl (C=O) groups is 2. The van der Waals surface area contributed by atoms with Gasteiger partial charge in [-0.15, -0.1) is 0 Å². The molecule has 5 heteroatoms. The van der Waals surface area contributed by atoms with Gasteiger partial charge in [-0.05, 0) is 31.2 Å². The van der Waals surface area contributed by atoms with Crippen molar-refractivity contribution in [3.05, 3.63) is 107 Å². The topological polar surface area (TPSA) is 67.8 Å². The van der Waals surface area contributed by atoms with Crippen LogP contribution in [0.3, 0.4) is 0 Å². The second kappa shape index (κ2) is 6.89. The van der Waals surface area contributed by atoms with Gasteiger partial charge < -0.3 is 10.1 Å². The number of benzene rings is 3. The van der Waals surface area contributed by atoms with Gasteiger partial charge in [0.25, 0.3) is 0 Å². The van der Waals surface area contributed by atoms with Gasteiger partial charge in [0.15, 0.2) is 17.7 Å². The molecule has 1 aliphatic heterocycles. The maximum Gasteiger partial charge on any atom is 0.196 e. The van der Waals surface area contributed by atoms with Crippen molar-refractivity contribution in [1.82, 2.24) is 0 Å². The van der Waals surface area contributed by atoms with Gasteiger partial charge >= 0.3 is 0 Å². The van der Waals surface area contributed by atoms with Crippen LogP contribution in [0.25, 0.3) is 0 Å². The predicted octanol–water partition coefficient (Wildman–Crippen LogP) is 5.47. The lowest BCUT2D eigenvalue weighted by molar-refractivity contribution is 0.0979. The molecule has 0 spiro atoms. The van der Waals surface area contributed by atoms with E-state index in [0.717, 1.165) is 11.3 Å². The second-order valence-electron chi connectivity index (χ2n) is 8.03. The van der Waals surface area contributed by atoms with E-state index in [1.54, 1.807) is 30.3 Å². The molecule has 3 aromatic rings. The van der Waals surface area contributed by atoms with Gasteiger partial charge in [-0.1, -0.05) is 54.1 Å². The minimum Gasteiger partial charge on any atom is -0.478 e. The van der Waals surface area contributed by atoms with Crippen LogP contribution >= 0.6 is 0 Å². The number of aliphatic imine (C=N–C) groups is 1. The molecule has 32 heavy (non-hydrogen) atoms. The maximum atomic E-state index is 13.6. The van der Waals surface area contributed by atoms with Crippen LogP contribution in [-0.2, 0) is 0 Å². The summed E-state index contributed by atoms with van der Waals surface area (Å²) in [5, 5.41) is 3.33. The summed E-state index contributed by atoms with van der Waals surface area (Å²) in [7, 11) is 0. The van der Waals surface area contributed by atoms with Crippen LogP contribution in [-0.4, -0.2) is 23.4 Å². The molecule has 1 atom stereocenters. The summed E-state index contributed by atoms with van der Waals surface area (Å²) >= 11 is 0. The number of fused-ring (bicyclic) bond motifs is 5. The highest BCUT2D eigenvalue weighted by Gasteiger charge is 2.37. The van der Waals surface area contributed by atoms with Crippen LogP contribution in [0.15, 0.2) is 83.9 Å². The van der Waals surface area contributed by atoms with Gasteiger partial charge in [0.1, 0.15) is 11.4 Å². The van der Waals surface area contributed by atoms with Crippen LogP contribution in [0, 0.1) is 6.92 Å². The number of allylic oxidation sites excluding steroid dienone is 2. The first-order valence-electron chi connectivity index (χ1n) is 10.4. The third-order valence-corrected chi connectivity index (χ3v) is 5.92. The van der Waals surface area contributed by atoms with Crippen LogP contribution in [0.4, 0.5) is 17.1 Å². The zero-order valence-electron chi connectivity index (χ0n) is 17.3. The minimum atomic E-state index is -0.320. The van der Waals surface area contributed by atoms with Gasteiger partial charge in [0, 0.05) is 22.9 Å². The van der Waals surface area contributed by atoms with Gasteiger partial charge in [0.05, 0.1) is 22.5 Å².